The van der Waals surface area contributed by atoms with E-state index in [0.717, 1.165) is 5.56 Å². The Hall–Kier alpha value is -0.350. The molecule has 1 aromatic carbocycles. The molecule has 0 fully saturated rings. The summed E-state index contributed by atoms with van der Waals surface area (Å²) in [7, 11) is 0. The summed E-state index contributed by atoms with van der Waals surface area (Å²) in [6.45, 7) is 0. The molecule has 0 saturated heterocycles. The van der Waals surface area contributed by atoms with Crippen LogP contribution >= 0.6 is 31.9 Å². The van der Waals surface area contributed by atoms with Crippen LogP contribution in [0.5, 0.6) is 0 Å². The second-order valence-electron chi connectivity index (χ2n) is 2.53. The summed E-state index contributed by atoms with van der Waals surface area (Å²) in [6, 6.07) is 9.32. The lowest BCUT2D eigenvalue weighted by atomic mass is 10.1. The molecule has 0 bridgehead atoms. The zero-order valence-corrected chi connectivity index (χ0v) is 9.79. The average molecular weight is 307 g/mol. The van der Waals surface area contributed by atoms with Gasteiger partial charge >= 0.3 is 0 Å². The third-order valence-electron chi connectivity index (χ3n) is 1.60. The molecule has 0 N–H and O–H groups in total. The highest BCUT2D eigenvalue weighted by Gasteiger charge is 2.17. The van der Waals surface area contributed by atoms with Crippen LogP contribution in [0.1, 0.15) is 10.4 Å². The van der Waals surface area contributed by atoms with Gasteiger partial charge in [-0.2, -0.15) is 0 Å². The molecule has 13 heavy (non-hydrogen) atoms. The summed E-state index contributed by atoms with van der Waals surface area (Å²) < 4.78 is 0. The Kier molecular flexibility index (Phi) is 3.93. The fourth-order valence-electron chi connectivity index (χ4n) is 0.925. The van der Waals surface area contributed by atoms with E-state index in [1.165, 1.54) is 0 Å². The molecule has 0 aliphatic heterocycles. The van der Waals surface area contributed by atoms with Gasteiger partial charge in [0.2, 0.25) is 0 Å². The minimum atomic E-state index is -1.12. The largest absolute Gasteiger partial charge is 0.549 e. The Morgan fingerprint density at radius 3 is 2.23 bits per heavy atom. The maximum Gasteiger partial charge on any atom is 0.0707 e. The lowest BCUT2D eigenvalue weighted by molar-refractivity contribution is -0.304. The summed E-state index contributed by atoms with van der Waals surface area (Å²) in [4.78, 5) is 9.55. The maximum atomic E-state index is 10.5. The second-order valence-corrected chi connectivity index (χ2v) is 4.51. The monoisotopic (exact) mass is 305 g/mol. The highest BCUT2D eigenvalue weighted by atomic mass is 79.9. The number of carboxylic acid groups (broad SMARTS) is 1. The van der Waals surface area contributed by atoms with Crippen LogP contribution in [0.15, 0.2) is 30.3 Å². The van der Waals surface area contributed by atoms with Crippen LogP contribution in [0, 0.1) is 0 Å². The highest BCUT2D eigenvalue weighted by Crippen LogP contribution is 2.30. The van der Waals surface area contributed by atoms with Gasteiger partial charge in [0, 0.05) is 0 Å². The van der Waals surface area contributed by atoms with Gasteiger partial charge in [-0.25, -0.2) is 0 Å². The van der Waals surface area contributed by atoms with Crippen LogP contribution in [0.4, 0.5) is 0 Å². The van der Waals surface area contributed by atoms with Crippen molar-refractivity contribution in [2.45, 2.75) is 9.65 Å². The van der Waals surface area contributed by atoms with Crippen molar-refractivity contribution in [3.8, 4) is 0 Å². The molecule has 0 aromatic heterocycles. The molecule has 0 radical (unpaired) electrons. The molecule has 2 atom stereocenters. The standard InChI is InChI=1S/C9H8Br2O2/c10-7(8(11)9(12)13)6-4-2-1-3-5-6/h1-5,7-8H,(H,12,13)/p-1/t7-,8-/m0/s1. The molecule has 1 aromatic rings. The van der Waals surface area contributed by atoms with E-state index in [0.29, 0.717) is 0 Å². The van der Waals surface area contributed by atoms with Gasteiger partial charge in [0.15, 0.2) is 0 Å². The van der Waals surface area contributed by atoms with Gasteiger partial charge < -0.3 is 9.90 Å². The Bertz CT molecular complexity index is 287. The first-order valence-electron chi connectivity index (χ1n) is 3.67. The predicted molar refractivity (Wildman–Crippen MR) is 55.8 cm³/mol. The van der Waals surface area contributed by atoms with Crippen molar-refractivity contribution >= 4 is 37.8 Å². The molecule has 0 unspecified atom stereocenters. The number of benzene rings is 1. The van der Waals surface area contributed by atoms with E-state index in [1.807, 2.05) is 30.3 Å². The number of carboxylic acids is 1. The van der Waals surface area contributed by atoms with E-state index in [-0.39, 0.29) is 4.83 Å². The van der Waals surface area contributed by atoms with Gasteiger partial charge in [-0.1, -0.05) is 62.2 Å². The number of hydrogen-bond donors (Lipinski definition) is 0. The van der Waals surface area contributed by atoms with Crippen LogP contribution in [-0.4, -0.2) is 10.8 Å². The first-order chi connectivity index (χ1) is 6.13. The first kappa shape index (κ1) is 10.7. The minimum absolute atomic E-state index is 0.265. The average Bonchev–Trinajstić information content (AvgIpc) is 2.17. The van der Waals surface area contributed by atoms with E-state index in [4.69, 9.17) is 0 Å². The zero-order chi connectivity index (χ0) is 9.84. The van der Waals surface area contributed by atoms with Crippen molar-refractivity contribution in [3.05, 3.63) is 35.9 Å². The molecular weight excluding hydrogens is 300 g/mol. The van der Waals surface area contributed by atoms with E-state index >= 15 is 0 Å². The van der Waals surface area contributed by atoms with Crippen LogP contribution in [0.3, 0.4) is 0 Å². The number of hydrogen-bond acceptors (Lipinski definition) is 2. The fraction of sp³-hybridized carbons (Fsp3) is 0.222. The molecule has 70 valence electrons. The Morgan fingerprint density at radius 2 is 1.77 bits per heavy atom. The SMILES string of the molecule is O=C([O-])[C@@H](Br)[C@@H](Br)c1ccccc1. The van der Waals surface area contributed by atoms with Crippen LogP contribution in [-0.2, 0) is 4.79 Å². The number of rotatable bonds is 3. The van der Waals surface area contributed by atoms with Crippen molar-refractivity contribution in [2.24, 2.45) is 0 Å². The Labute approximate surface area is 93.2 Å². The molecule has 0 heterocycles. The van der Waals surface area contributed by atoms with Crippen LogP contribution in [0.2, 0.25) is 0 Å². The lowest BCUT2D eigenvalue weighted by Gasteiger charge is -2.17. The molecule has 4 heteroatoms. The fourth-order valence-corrected chi connectivity index (χ4v) is 1.75. The summed E-state index contributed by atoms with van der Waals surface area (Å²) in [6.07, 6.45) is 0. The number of aliphatic carboxylic acids is 1. The Morgan fingerprint density at radius 1 is 1.23 bits per heavy atom. The number of carbonyl (C=O) groups is 1. The second kappa shape index (κ2) is 4.77. The summed E-state index contributed by atoms with van der Waals surface area (Å²) in [5, 5.41) is 10.5. The van der Waals surface area contributed by atoms with Crippen molar-refractivity contribution < 1.29 is 9.90 Å². The number of halogens is 2. The third kappa shape index (κ3) is 2.81. The molecule has 0 aliphatic rings. The van der Waals surface area contributed by atoms with Gasteiger partial charge in [-0.3, -0.25) is 0 Å². The van der Waals surface area contributed by atoms with Crippen molar-refractivity contribution in [3.63, 3.8) is 0 Å². The minimum Gasteiger partial charge on any atom is -0.549 e. The number of alkyl halides is 2. The highest BCUT2D eigenvalue weighted by molar-refractivity contribution is 9.12. The molecule has 2 nitrogen and oxygen atoms in total. The van der Waals surface area contributed by atoms with Crippen molar-refractivity contribution in [2.75, 3.05) is 0 Å². The summed E-state index contributed by atoms with van der Waals surface area (Å²) in [5.74, 6) is -1.12. The van der Waals surface area contributed by atoms with Crippen molar-refractivity contribution in [1.82, 2.24) is 0 Å². The van der Waals surface area contributed by atoms with E-state index in [2.05, 4.69) is 31.9 Å². The molecule has 0 amide bonds. The van der Waals surface area contributed by atoms with Gasteiger partial charge in [0.05, 0.1) is 15.6 Å². The van der Waals surface area contributed by atoms with Gasteiger partial charge in [0.25, 0.3) is 0 Å². The molecule has 0 spiro atoms. The molecule has 0 aliphatic carbocycles. The van der Waals surface area contributed by atoms with E-state index in [1.54, 1.807) is 0 Å². The summed E-state index contributed by atoms with van der Waals surface area (Å²) >= 11 is 6.32. The Balaban J connectivity index is 2.79. The zero-order valence-electron chi connectivity index (χ0n) is 6.61. The molecule has 1 rings (SSSR count). The van der Waals surface area contributed by atoms with Crippen LogP contribution < -0.4 is 5.11 Å². The van der Waals surface area contributed by atoms with Gasteiger partial charge in [-0.05, 0) is 5.56 Å². The first-order valence-corrected chi connectivity index (χ1v) is 5.50. The maximum absolute atomic E-state index is 10.5. The normalized spacial score (nSPS) is 14.9. The molecule has 0 saturated carbocycles. The smallest absolute Gasteiger partial charge is 0.0707 e. The summed E-state index contributed by atoms with van der Waals surface area (Å²) in [5.41, 5.74) is 0.911. The topological polar surface area (TPSA) is 40.1 Å². The van der Waals surface area contributed by atoms with Gasteiger partial charge in [0.1, 0.15) is 0 Å². The van der Waals surface area contributed by atoms with Crippen LogP contribution in [0.25, 0.3) is 0 Å². The van der Waals surface area contributed by atoms with Crippen molar-refractivity contribution in [1.29, 1.82) is 0 Å². The predicted octanol–water partition coefficient (Wildman–Crippen LogP) is 1.64. The third-order valence-corrected chi connectivity index (χ3v) is 4.27. The van der Waals surface area contributed by atoms with E-state index in [9.17, 15) is 9.90 Å². The van der Waals surface area contributed by atoms with E-state index < -0.39 is 10.8 Å². The van der Waals surface area contributed by atoms with Gasteiger partial charge in [-0.15, -0.1) is 0 Å². The number of carbonyl (C=O) groups excluding carboxylic acids is 1. The quantitative estimate of drug-likeness (QED) is 0.797. The molecular formula is C9H7Br2O2-. The lowest BCUT2D eigenvalue weighted by Crippen LogP contribution is -2.34.